The van der Waals surface area contributed by atoms with E-state index in [4.69, 9.17) is 4.74 Å². The van der Waals surface area contributed by atoms with Crippen LogP contribution in [0.4, 0.5) is 8.78 Å². The minimum absolute atomic E-state index is 0.0451. The zero-order chi connectivity index (χ0) is 13.8. The van der Waals surface area contributed by atoms with Crippen LogP contribution in [0.1, 0.15) is 17.2 Å². The van der Waals surface area contributed by atoms with Gasteiger partial charge in [0.15, 0.2) is 0 Å². The molecule has 0 bridgehead atoms. The second-order valence-electron chi connectivity index (χ2n) is 3.96. The molecular weight excluding hydrogens is 250 g/mol. The summed E-state index contributed by atoms with van der Waals surface area (Å²) >= 11 is 0. The van der Waals surface area contributed by atoms with Crippen LogP contribution < -0.4 is 10.1 Å². The lowest BCUT2D eigenvalue weighted by Crippen LogP contribution is -2.21. The summed E-state index contributed by atoms with van der Waals surface area (Å²) in [7, 11) is 3.10. The van der Waals surface area contributed by atoms with Crippen LogP contribution in [0.3, 0.4) is 0 Å². The fourth-order valence-electron chi connectivity index (χ4n) is 2.04. The van der Waals surface area contributed by atoms with E-state index in [1.54, 1.807) is 25.4 Å². The van der Waals surface area contributed by atoms with Gasteiger partial charge in [0, 0.05) is 17.3 Å². The van der Waals surface area contributed by atoms with Gasteiger partial charge in [0.05, 0.1) is 13.2 Å². The Morgan fingerprint density at radius 3 is 2.42 bits per heavy atom. The van der Waals surface area contributed by atoms with Crippen molar-refractivity contribution in [1.29, 1.82) is 0 Å². The second kappa shape index (κ2) is 5.75. The lowest BCUT2D eigenvalue weighted by atomic mass is 9.98. The highest BCUT2D eigenvalue weighted by Crippen LogP contribution is 2.30. The van der Waals surface area contributed by atoms with Crippen molar-refractivity contribution in [3.05, 3.63) is 59.3 Å². The van der Waals surface area contributed by atoms with Gasteiger partial charge in [-0.05, 0) is 25.2 Å². The van der Waals surface area contributed by atoms with Gasteiger partial charge < -0.3 is 10.1 Å². The molecule has 3 nitrogen and oxygen atoms in total. The van der Waals surface area contributed by atoms with Crippen molar-refractivity contribution < 1.29 is 13.5 Å². The molecule has 1 N–H and O–H groups in total. The lowest BCUT2D eigenvalue weighted by Gasteiger charge is -2.20. The number of hydrogen-bond acceptors (Lipinski definition) is 3. The Labute approximate surface area is 110 Å². The molecule has 1 atom stereocenters. The third kappa shape index (κ3) is 2.56. The van der Waals surface area contributed by atoms with Gasteiger partial charge in [-0.3, -0.25) is 0 Å². The van der Waals surface area contributed by atoms with Gasteiger partial charge in [-0.25, -0.2) is 13.8 Å². The Hall–Kier alpha value is -2.01. The predicted octanol–water partition coefficient (Wildman–Crippen LogP) is 2.68. The maximum absolute atomic E-state index is 13.9. The average molecular weight is 264 g/mol. The standard InChI is InChI=1S/C14H14F2N2O/c1-17-13(9-5-4-8-18-14(9)19-2)12-10(15)6-3-7-11(12)16/h3-8,13,17H,1-2H3. The smallest absolute Gasteiger partial charge is 0.218 e. The van der Waals surface area contributed by atoms with E-state index in [1.165, 1.54) is 25.3 Å². The summed E-state index contributed by atoms with van der Waals surface area (Å²) in [6.45, 7) is 0. The van der Waals surface area contributed by atoms with Crippen LogP contribution in [-0.2, 0) is 0 Å². The van der Waals surface area contributed by atoms with Crippen LogP contribution in [0, 0.1) is 11.6 Å². The summed E-state index contributed by atoms with van der Waals surface area (Å²) in [5.41, 5.74) is 0.535. The van der Waals surface area contributed by atoms with Crippen LogP contribution in [0.25, 0.3) is 0 Å². The molecular formula is C14H14F2N2O. The quantitative estimate of drug-likeness (QED) is 0.922. The zero-order valence-electron chi connectivity index (χ0n) is 10.7. The van der Waals surface area contributed by atoms with Crippen LogP contribution in [0.15, 0.2) is 36.5 Å². The normalized spacial score (nSPS) is 12.2. The summed E-state index contributed by atoms with van der Waals surface area (Å²) in [5.74, 6) is -0.875. The Balaban J connectivity index is 2.57. The molecule has 0 fully saturated rings. The number of methoxy groups -OCH3 is 1. The molecule has 19 heavy (non-hydrogen) atoms. The minimum Gasteiger partial charge on any atom is -0.481 e. The molecule has 0 amide bonds. The van der Waals surface area contributed by atoms with E-state index >= 15 is 0 Å². The largest absolute Gasteiger partial charge is 0.481 e. The van der Waals surface area contributed by atoms with Gasteiger partial charge in [-0.2, -0.15) is 0 Å². The average Bonchev–Trinajstić information content (AvgIpc) is 2.43. The number of pyridine rings is 1. The fraction of sp³-hybridized carbons (Fsp3) is 0.214. The topological polar surface area (TPSA) is 34.2 Å². The van der Waals surface area contributed by atoms with Crippen molar-refractivity contribution in [3.63, 3.8) is 0 Å². The molecule has 2 rings (SSSR count). The first-order chi connectivity index (χ1) is 9.19. The molecule has 1 heterocycles. The maximum Gasteiger partial charge on any atom is 0.218 e. The zero-order valence-corrected chi connectivity index (χ0v) is 10.7. The molecule has 0 spiro atoms. The van der Waals surface area contributed by atoms with E-state index in [1.807, 2.05) is 0 Å². The van der Waals surface area contributed by atoms with Crippen molar-refractivity contribution in [2.45, 2.75) is 6.04 Å². The van der Waals surface area contributed by atoms with Crippen molar-refractivity contribution >= 4 is 0 Å². The molecule has 0 saturated heterocycles. The monoisotopic (exact) mass is 264 g/mol. The second-order valence-corrected chi connectivity index (χ2v) is 3.96. The Bertz CT molecular complexity index is 555. The Kier molecular flexibility index (Phi) is 4.06. The molecule has 0 saturated carbocycles. The third-order valence-corrected chi connectivity index (χ3v) is 2.88. The third-order valence-electron chi connectivity index (χ3n) is 2.88. The summed E-state index contributed by atoms with van der Waals surface area (Å²) < 4.78 is 32.9. The van der Waals surface area contributed by atoms with Crippen LogP contribution >= 0.6 is 0 Å². The van der Waals surface area contributed by atoms with Gasteiger partial charge in [0.2, 0.25) is 5.88 Å². The molecule has 0 aliphatic carbocycles. The highest BCUT2D eigenvalue weighted by molar-refractivity contribution is 5.38. The lowest BCUT2D eigenvalue weighted by molar-refractivity contribution is 0.386. The van der Waals surface area contributed by atoms with Gasteiger partial charge in [0.1, 0.15) is 11.6 Å². The summed E-state index contributed by atoms with van der Waals surface area (Å²) in [6, 6.07) is 6.54. The van der Waals surface area contributed by atoms with Crippen molar-refractivity contribution in [1.82, 2.24) is 10.3 Å². The summed E-state index contributed by atoms with van der Waals surface area (Å²) in [4.78, 5) is 4.04. The molecule has 0 aliphatic rings. The van der Waals surface area contributed by atoms with E-state index in [9.17, 15) is 8.78 Å². The van der Waals surface area contributed by atoms with Gasteiger partial charge in [-0.1, -0.05) is 12.1 Å². The molecule has 100 valence electrons. The van der Waals surface area contributed by atoms with Crippen molar-refractivity contribution in [2.75, 3.05) is 14.2 Å². The van der Waals surface area contributed by atoms with Crippen LogP contribution in [0.2, 0.25) is 0 Å². The number of halogens is 2. The summed E-state index contributed by atoms with van der Waals surface area (Å²) in [5, 5.41) is 2.89. The maximum atomic E-state index is 13.9. The number of benzene rings is 1. The molecule has 0 aliphatic heterocycles. The summed E-state index contributed by atoms with van der Waals surface area (Å²) in [6.07, 6.45) is 1.56. The molecule has 5 heteroatoms. The predicted molar refractivity (Wildman–Crippen MR) is 68.0 cm³/mol. The van der Waals surface area contributed by atoms with E-state index in [0.717, 1.165) is 0 Å². The molecule has 1 aromatic heterocycles. The van der Waals surface area contributed by atoms with E-state index in [-0.39, 0.29) is 5.56 Å². The first kappa shape index (κ1) is 13.4. The first-order valence-corrected chi connectivity index (χ1v) is 5.79. The molecule has 2 aromatic rings. The Morgan fingerprint density at radius 2 is 1.84 bits per heavy atom. The number of hydrogen-bond donors (Lipinski definition) is 1. The van der Waals surface area contributed by atoms with Gasteiger partial charge in [-0.15, -0.1) is 0 Å². The van der Waals surface area contributed by atoms with Crippen LogP contribution in [-0.4, -0.2) is 19.1 Å². The van der Waals surface area contributed by atoms with Crippen LogP contribution in [0.5, 0.6) is 5.88 Å². The van der Waals surface area contributed by atoms with Crippen molar-refractivity contribution in [3.8, 4) is 5.88 Å². The number of nitrogens with zero attached hydrogens (tertiary/aromatic N) is 1. The molecule has 1 aromatic carbocycles. The number of rotatable bonds is 4. The fourth-order valence-corrected chi connectivity index (χ4v) is 2.04. The SMILES string of the molecule is CNC(c1cccnc1OC)c1c(F)cccc1F. The Morgan fingerprint density at radius 1 is 1.16 bits per heavy atom. The van der Waals surface area contributed by atoms with E-state index < -0.39 is 17.7 Å². The molecule has 0 radical (unpaired) electrons. The first-order valence-electron chi connectivity index (χ1n) is 5.79. The highest BCUT2D eigenvalue weighted by atomic mass is 19.1. The van der Waals surface area contributed by atoms with Gasteiger partial charge >= 0.3 is 0 Å². The number of ether oxygens (including phenoxy) is 1. The molecule has 1 unspecified atom stereocenters. The van der Waals surface area contributed by atoms with E-state index in [0.29, 0.717) is 11.4 Å². The highest BCUT2D eigenvalue weighted by Gasteiger charge is 2.23. The number of nitrogens with one attached hydrogen (secondary N) is 1. The van der Waals surface area contributed by atoms with Gasteiger partial charge in [0.25, 0.3) is 0 Å². The van der Waals surface area contributed by atoms with Crippen molar-refractivity contribution in [2.24, 2.45) is 0 Å². The number of aromatic nitrogens is 1. The van der Waals surface area contributed by atoms with E-state index in [2.05, 4.69) is 10.3 Å². The minimum atomic E-state index is -0.662.